The Morgan fingerprint density at radius 2 is 1.85 bits per heavy atom. The Morgan fingerprint density at radius 1 is 1.04 bits per heavy atom. The maximum atomic E-state index is 12.9. The SMILES string of the molecule is Cc1cccc(NC(=O)c2sc3nc(-c4ccco4)nc(C)c3c2C)c1C. The summed E-state index contributed by atoms with van der Waals surface area (Å²) in [6.07, 6.45) is 1.60. The van der Waals surface area contributed by atoms with Crippen LogP contribution in [0.3, 0.4) is 0 Å². The second-order valence-corrected chi connectivity index (χ2v) is 7.55. The lowest BCUT2D eigenvalue weighted by Gasteiger charge is -2.10. The number of furan rings is 1. The summed E-state index contributed by atoms with van der Waals surface area (Å²) >= 11 is 1.38. The van der Waals surface area contributed by atoms with E-state index in [-0.39, 0.29) is 5.91 Å². The van der Waals surface area contributed by atoms with Crippen LogP contribution in [0.25, 0.3) is 21.8 Å². The number of rotatable bonds is 3. The Bertz CT molecular complexity index is 1160. The number of carbonyl (C=O) groups is 1. The summed E-state index contributed by atoms with van der Waals surface area (Å²) in [5.41, 5.74) is 4.79. The number of thiophene rings is 1. The molecule has 136 valence electrons. The minimum Gasteiger partial charge on any atom is -0.461 e. The molecular weight excluding hydrogens is 358 g/mol. The van der Waals surface area contributed by atoms with E-state index in [1.807, 2.05) is 52.0 Å². The van der Waals surface area contributed by atoms with Crippen LogP contribution in [0.4, 0.5) is 5.69 Å². The minimum atomic E-state index is -0.122. The topological polar surface area (TPSA) is 68.0 Å². The fourth-order valence-corrected chi connectivity index (χ4v) is 4.26. The molecule has 0 fully saturated rings. The van der Waals surface area contributed by atoms with Crippen LogP contribution in [0.5, 0.6) is 0 Å². The Balaban J connectivity index is 1.76. The molecule has 0 aliphatic rings. The molecule has 0 aliphatic heterocycles. The van der Waals surface area contributed by atoms with Crippen LogP contribution in [-0.2, 0) is 0 Å². The van der Waals surface area contributed by atoms with Crippen molar-refractivity contribution in [1.82, 2.24) is 9.97 Å². The third-order valence-corrected chi connectivity index (χ3v) is 5.96. The third kappa shape index (κ3) is 3.02. The maximum Gasteiger partial charge on any atom is 0.266 e. The van der Waals surface area contributed by atoms with E-state index in [9.17, 15) is 4.79 Å². The van der Waals surface area contributed by atoms with Crippen molar-refractivity contribution in [2.45, 2.75) is 27.7 Å². The fourth-order valence-electron chi connectivity index (χ4n) is 3.14. The van der Waals surface area contributed by atoms with Crippen molar-refractivity contribution in [3.63, 3.8) is 0 Å². The highest BCUT2D eigenvalue weighted by molar-refractivity contribution is 7.20. The van der Waals surface area contributed by atoms with Gasteiger partial charge in [0.15, 0.2) is 11.6 Å². The lowest BCUT2D eigenvalue weighted by molar-refractivity contribution is 0.103. The van der Waals surface area contributed by atoms with Gasteiger partial charge in [0, 0.05) is 11.1 Å². The van der Waals surface area contributed by atoms with Gasteiger partial charge in [-0.2, -0.15) is 0 Å². The summed E-state index contributed by atoms with van der Waals surface area (Å²) in [4.78, 5) is 23.5. The zero-order valence-corrected chi connectivity index (χ0v) is 16.4. The number of aryl methyl sites for hydroxylation is 3. The molecular formula is C21H19N3O2S. The highest BCUT2D eigenvalue weighted by Gasteiger charge is 2.20. The molecule has 6 heteroatoms. The molecule has 0 aliphatic carbocycles. The van der Waals surface area contributed by atoms with E-state index >= 15 is 0 Å². The number of fused-ring (bicyclic) bond motifs is 1. The number of aromatic nitrogens is 2. The first-order chi connectivity index (χ1) is 13.0. The quantitative estimate of drug-likeness (QED) is 0.516. The molecule has 4 aromatic rings. The van der Waals surface area contributed by atoms with Gasteiger partial charge in [0.25, 0.3) is 5.91 Å². The first-order valence-corrected chi connectivity index (χ1v) is 9.46. The zero-order valence-electron chi connectivity index (χ0n) is 15.6. The van der Waals surface area contributed by atoms with E-state index in [1.54, 1.807) is 12.3 Å². The van der Waals surface area contributed by atoms with Crippen molar-refractivity contribution in [3.8, 4) is 11.6 Å². The van der Waals surface area contributed by atoms with Crippen molar-refractivity contribution >= 4 is 33.1 Å². The monoisotopic (exact) mass is 377 g/mol. The molecule has 0 atom stereocenters. The standard InChI is InChI=1S/C21H19N3O2S/c1-11-7-5-8-15(12(11)2)23-20(25)18-13(3)17-14(4)22-19(24-21(17)27-18)16-9-6-10-26-16/h5-10H,1-4H3,(H,23,25). The van der Waals surface area contributed by atoms with Crippen molar-refractivity contribution in [1.29, 1.82) is 0 Å². The summed E-state index contributed by atoms with van der Waals surface area (Å²) < 4.78 is 5.41. The fraction of sp³-hybridized carbons (Fsp3) is 0.190. The van der Waals surface area contributed by atoms with Crippen LogP contribution in [0.1, 0.15) is 32.1 Å². The Labute approximate surface area is 161 Å². The van der Waals surface area contributed by atoms with Gasteiger partial charge >= 0.3 is 0 Å². The minimum absolute atomic E-state index is 0.122. The van der Waals surface area contributed by atoms with Crippen molar-refractivity contribution in [3.05, 3.63) is 63.9 Å². The van der Waals surface area contributed by atoms with Crippen LogP contribution in [0.2, 0.25) is 0 Å². The van der Waals surface area contributed by atoms with Crippen molar-refractivity contribution in [2.75, 3.05) is 5.32 Å². The number of benzene rings is 1. The highest BCUT2D eigenvalue weighted by Crippen LogP contribution is 2.33. The molecule has 0 bridgehead atoms. The largest absolute Gasteiger partial charge is 0.461 e. The number of hydrogen-bond acceptors (Lipinski definition) is 5. The van der Waals surface area contributed by atoms with Gasteiger partial charge in [-0.1, -0.05) is 12.1 Å². The van der Waals surface area contributed by atoms with Gasteiger partial charge in [0.1, 0.15) is 4.83 Å². The van der Waals surface area contributed by atoms with Gasteiger partial charge in [0.2, 0.25) is 0 Å². The third-order valence-electron chi connectivity index (χ3n) is 4.77. The molecule has 1 N–H and O–H groups in total. The van der Waals surface area contributed by atoms with Gasteiger partial charge in [-0.15, -0.1) is 11.3 Å². The Hall–Kier alpha value is -2.99. The summed E-state index contributed by atoms with van der Waals surface area (Å²) in [7, 11) is 0. The smallest absolute Gasteiger partial charge is 0.266 e. The molecule has 1 amide bonds. The summed E-state index contributed by atoms with van der Waals surface area (Å²) in [6.45, 7) is 7.92. The van der Waals surface area contributed by atoms with E-state index in [2.05, 4.69) is 15.3 Å². The molecule has 3 heterocycles. The second kappa shape index (κ2) is 6.63. The molecule has 5 nitrogen and oxygen atoms in total. The molecule has 0 saturated heterocycles. The highest BCUT2D eigenvalue weighted by atomic mass is 32.1. The van der Waals surface area contributed by atoms with Gasteiger partial charge in [0.05, 0.1) is 16.8 Å². The number of amides is 1. The van der Waals surface area contributed by atoms with Gasteiger partial charge in [-0.25, -0.2) is 9.97 Å². The maximum absolute atomic E-state index is 12.9. The molecule has 4 rings (SSSR count). The number of anilines is 1. The molecule has 0 spiro atoms. The van der Waals surface area contributed by atoms with Gasteiger partial charge in [-0.05, 0) is 62.6 Å². The van der Waals surface area contributed by atoms with Crippen LogP contribution in [0, 0.1) is 27.7 Å². The van der Waals surface area contributed by atoms with Crippen molar-refractivity contribution in [2.24, 2.45) is 0 Å². The molecule has 3 aromatic heterocycles. The Morgan fingerprint density at radius 3 is 2.59 bits per heavy atom. The molecule has 0 saturated carbocycles. The number of nitrogens with zero attached hydrogens (tertiary/aromatic N) is 2. The average Bonchev–Trinajstić information content (AvgIpc) is 3.27. The normalized spacial score (nSPS) is 11.1. The first-order valence-electron chi connectivity index (χ1n) is 8.65. The van der Waals surface area contributed by atoms with E-state index in [0.717, 1.165) is 38.3 Å². The predicted molar refractivity (Wildman–Crippen MR) is 108 cm³/mol. The molecule has 27 heavy (non-hydrogen) atoms. The zero-order chi connectivity index (χ0) is 19.1. The number of hydrogen-bond donors (Lipinski definition) is 1. The van der Waals surface area contributed by atoms with Gasteiger partial charge in [-0.3, -0.25) is 4.79 Å². The lowest BCUT2D eigenvalue weighted by Crippen LogP contribution is -2.12. The van der Waals surface area contributed by atoms with Crippen LogP contribution in [0.15, 0.2) is 41.0 Å². The summed E-state index contributed by atoms with van der Waals surface area (Å²) in [5.74, 6) is 1.03. The van der Waals surface area contributed by atoms with E-state index in [4.69, 9.17) is 4.42 Å². The van der Waals surface area contributed by atoms with E-state index in [0.29, 0.717) is 16.5 Å². The van der Waals surface area contributed by atoms with Crippen molar-refractivity contribution < 1.29 is 9.21 Å². The van der Waals surface area contributed by atoms with E-state index < -0.39 is 0 Å². The summed E-state index contributed by atoms with van der Waals surface area (Å²) in [5, 5.41) is 3.97. The summed E-state index contributed by atoms with van der Waals surface area (Å²) in [6, 6.07) is 9.53. The molecule has 1 aromatic carbocycles. The lowest BCUT2D eigenvalue weighted by atomic mass is 10.1. The number of carbonyl (C=O) groups excluding carboxylic acids is 1. The molecule has 0 unspecified atom stereocenters. The van der Waals surface area contributed by atoms with E-state index in [1.165, 1.54) is 11.3 Å². The number of nitrogens with one attached hydrogen (secondary N) is 1. The predicted octanol–water partition coefficient (Wildman–Crippen LogP) is 5.44. The molecule has 0 radical (unpaired) electrons. The average molecular weight is 377 g/mol. The van der Waals surface area contributed by atoms with Crippen LogP contribution >= 0.6 is 11.3 Å². The van der Waals surface area contributed by atoms with Gasteiger partial charge < -0.3 is 9.73 Å². The Kier molecular flexibility index (Phi) is 4.28. The van der Waals surface area contributed by atoms with Crippen LogP contribution < -0.4 is 5.32 Å². The second-order valence-electron chi connectivity index (χ2n) is 6.55. The van der Waals surface area contributed by atoms with Crippen LogP contribution in [-0.4, -0.2) is 15.9 Å². The first kappa shape index (κ1) is 17.4.